The van der Waals surface area contributed by atoms with E-state index in [2.05, 4.69) is 217 Å². The average Bonchev–Trinajstić information content (AvgIpc) is 3.73. The number of nitrogens with zero attached hydrogens (tertiary/aromatic N) is 2. The minimum absolute atomic E-state index is 1.18. The molecule has 0 saturated heterocycles. The number of hydrogen-bond donors (Lipinski definition) is 0. The molecule has 0 saturated carbocycles. The van der Waals surface area contributed by atoms with Crippen molar-refractivity contribution in [3.05, 3.63) is 204 Å². The Labute approximate surface area is 315 Å². The topological polar surface area (TPSA) is 9.86 Å². The molecular weight excluding hydrogens is 653 g/mol. The van der Waals surface area contributed by atoms with Gasteiger partial charge in [0.05, 0.1) is 22.1 Å². The minimum atomic E-state index is 1.18. The van der Waals surface area contributed by atoms with Gasteiger partial charge >= 0.3 is 0 Å². The van der Waals surface area contributed by atoms with Gasteiger partial charge in [0, 0.05) is 32.9 Å². The van der Waals surface area contributed by atoms with Gasteiger partial charge in [-0.25, -0.2) is 0 Å². The Morgan fingerprint density at radius 1 is 0.315 bits per heavy atom. The number of aromatic nitrogens is 2. The molecule has 0 radical (unpaired) electrons. The smallest absolute Gasteiger partial charge is 0.0541 e. The van der Waals surface area contributed by atoms with Crippen LogP contribution in [0.2, 0.25) is 0 Å². The van der Waals surface area contributed by atoms with Gasteiger partial charge in [-0.05, 0) is 107 Å². The van der Waals surface area contributed by atoms with Gasteiger partial charge in [-0.3, -0.25) is 0 Å². The standard InChI is InChI=1S/C52H38N2/c1-35-11-3-7-15-47(35)53-49-17-9-5-13-43(49)45-33-41(29-31-51(45)53)39-25-21-37(22-26-39)19-20-38-23-27-40(28-24-38)42-30-32-52-46(34-42)44-14-6-10-18-50(44)54(52)48-16-8-4-12-36(48)2/h3-34H,1-2H3. The fourth-order valence-corrected chi connectivity index (χ4v) is 8.22. The molecule has 0 bridgehead atoms. The van der Waals surface area contributed by atoms with Crippen molar-refractivity contribution in [3.63, 3.8) is 0 Å². The summed E-state index contributed by atoms with van der Waals surface area (Å²) in [6.45, 7) is 4.37. The van der Waals surface area contributed by atoms with Crippen molar-refractivity contribution >= 4 is 55.8 Å². The van der Waals surface area contributed by atoms with Gasteiger partial charge in [-0.15, -0.1) is 0 Å². The monoisotopic (exact) mass is 690 g/mol. The van der Waals surface area contributed by atoms with Gasteiger partial charge in [0.2, 0.25) is 0 Å². The maximum Gasteiger partial charge on any atom is 0.0541 e. The maximum atomic E-state index is 2.40. The van der Waals surface area contributed by atoms with Crippen LogP contribution in [0.25, 0.3) is 89.4 Å². The van der Waals surface area contributed by atoms with Crippen LogP contribution in [0.3, 0.4) is 0 Å². The summed E-state index contributed by atoms with van der Waals surface area (Å²) in [5, 5.41) is 5.09. The summed E-state index contributed by atoms with van der Waals surface area (Å²) in [5.74, 6) is 0. The molecule has 0 aliphatic carbocycles. The van der Waals surface area contributed by atoms with Crippen molar-refractivity contribution in [2.45, 2.75) is 13.8 Å². The number of aryl methyl sites for hydroxylation is 2. The van der Waals surface area contributed by atoms with Gasteiger partial charge in [0.1, 0.15) is 0 Å². The molecule has 0 amide bonds. The quantitative estimate of drug-likeness (QED) is 0.154. The molecule has 0 spiro atoms. The molecule has 2 nitrogen and oxygen atoms in total. The second-order valence-electron chi connectivity index (χ2n) is 14.3. The third-order valence-corrected chi connectivity index (χ3v) is 11.0. The Balaban J connectivity index is 0.910. The van der Waals surface area contributed by atoms with Crippen molar-refractivity contribution in [1.82, 2.24) is 9.13 Å². The van der Waals surface area contributed by atoms with Gasteiger partial charge in [-0.1, -0.05) is 146 Å². The fourth-order valence-electron chi connectivity index (χ4n) is 8.22. The highest BCUT2D eigenvalue weighted by atomic mass is 15.0. The lowest BCUT2D eigenvalue weighted by atomic mass is 10.00. The van der Waals surface area contributed by atoms with E-state index in [1.807, 2.05) is 0 Å². The zero-order valence-corrected chi connectivity index (χ0v) is 30.4. The first kappa shape index (κ1) is 31.8. The molecule has 10 rings (SSSR count). The number of hydrogen-bond acceptors (Lipinski definition) is 0. The van der Waals surface area contributed by atoms with Crippen LogP contribution >= 0.6 is 0 Å². The lowest BCUT2D eigenvalue weighted by Gasteiger charge is -2.11. The maximum absolute atomic E-state index is 2.40. The predicted octanol–water partition coefficient (Wildman–Crippen LogP) is 14.0. The largest absolute Gasteiger partial charge is 0.309 e. The molecule has 0 aliphatic rings. The molecule has 2 aromatic heterocycles. The Bertz CT molecular complexity index is 2830. The SMILES string of the molecule is Cc1ccccc1-n1c2ccccc2c2cc(-c3ccc(C=Cc4ccc(-c5ccc6c(c5)c5ccccc5n6-c5ccccc5C)cc4)cc3)ccc21. The average molecular weight is 691 g/mol. The van der Waals surface area contributed by atoms with Crippen LogP contribution < -0.4 is 0 Å². The number of rotatable bonds is 6. The van der Waals surface area contributed by atoms with E-state index < -0.39 is 0 Å². The Morgan fingerprint density at radius 2 is 0.667 bits per heavy atom. The normalized spacial score (nSPS) is 11.8. The van der Waals surface area contributed by atoms with Crippen LogP contribution in [0.15, 0.2) is 182 Å². The fraction of sp³-hybridized carbons (Fsp3) is 0.0385. The van der Waals surface area contributed by atoms with E-state index in [-0.39, 0.29) is 0 Å². The summed E-state index contributed by atoms with van der Waals surface area (Å²) in [6, 6.07) is 66.2. The molecule has 54 heavy (non-hydrogen) atoms. The third-order valence-electron chi connectivity index (χ3n) is 11.0. The highest BCUT2D eigenvalue weighted by molar-refractivity contribution is 6.11. The summed E-state index contributed by atoms with van der Waals surface area (Å²) < 4.78 is 4.80. The molecule has 2 heterocycles. The second kappa shape index (κ2) is 12.9. The van der Waals surface area contributed by atoms with Gasteiger partial charge in [-0.2, -0.15) is 0 Å². The van der Waals surface area contributed by atoms with Crippen LogP contribution in [0.4, 0.5) is 0 Å². The molecule has 2 heteroatoms. The molecule has 256 valence electrons. The van der Waals surface area contributed by atoms with Crippen molar-refractivity contribution in [3.8, 4) is 33.6 Å². The third kappa shape index (κ3) is 5.35. The van der Waals surface area contributed by atoms with E-state index in [9.17, 15) is 0 Å². The zero-order chi connectivity index (χ0) is 36.2. The van der Waals surface area contributed by atoms with Gasteiger partial charge in [0.25, 0.3) is 0 Å². The number of para-hydroxylation sites is 4. The van der Waals surface area contributed by atoms with Crippen LogP contribution in [-0.2, 0) is 0 Å². The lowest BCUT2D eigenvalue weighted by Crippen LogP contribution is -1.96. The van der Waals surface area contributed by atoms with E-state index in [4.69, 9.17) is 0 Å². The lowest BCUT2D eigenvalue weighted by molar-refractivity contribution is 1.15. The molecular formula is C52H38N2. The zero-order valence-electron chi connectivity index (χ0n) is 30.4. The van der Waals surface area contributed by atoms with Crippen LogP contribution in [0, 0.1) is 13.8 Å². The van der Waals surface area contributed by atoms with Gasteiger partial charge in [0.15, 0.2) is 0 Å². The van der Waals surface area contributed by atoms with Crippen molar-refractivity contribution in [2.75, 3.05) is 0 Å². The van der Waals surface area contributed by atoms with Crippen LogP contribution in [0.1, 0.15) is 22.3 Å². The van der Waals surface area contributed by atoms with Crippen molar-refractivity contribution in [1.29, 1.82) is 0 Å². The van der Waals surface area contributed by atoms with Gasteiger partial charge < -0.3 is 9.13 Å². The summed E-state index contributed by atoms with van der Waals surface area (Å²) in [5.41, 5.74) is 17.1. The van der Waals surface area contributed by atoms with Crippen molar-refractivity contribution < 1.29 is 0 Å². The highest BCUT2D eigenvalue weighted by Gasteiger charge is 2.16. The van der Waals surface area contributed by atoms with E-state index in [0.717, 1.165) is 0 Å². The first-order chi connectivity index (χ1) is 26.6. The molecule has 0 atom stereocenters. The Kier molecular flexibility index (Phi) is 7.63. The molecule has 0 N–H and O–H groups in total. The minimum Gasteiger partial charge on any atom is -0.309 e. The molecule has 0 fully saturated rings. The second-order valence-corrected chi connectivity index (χ2v) is 14.3. The van der Waals surface area contributed by atoms with E-state index >= 15 is 0 Å². The summed E-state index contributed by atoms with van der Waals surface area (Å²) in [6.07, 6.45) is 4.40. The number of benzene rings is 8. The van der Waals surface area contributed by atoms with Crippen LogP contribution in [0.5, 0.6) is 0 Å². The van der Waals surface area contributed by atoms with E-state index in [0.29, 0.717) is 0 Å². The predicted molar refractivity (Wildman–Crippen MR) is 231 cm³/mol. The Hall–Kier alpha value is -6.90. The summed E-state index contributed by atoms with van der Waals surface area (Å²) >= 11 is 0. The Morgan fingerprint density at radius 3 is 1.09 bits per heavy atom. The van der Waals surface area contributed by atoms with Crippen molar-refractivity contribution in [2.24, 2.45) is 0 Å². The highest BCUT2D eigenvalue weighted by Crippen LogP contribution is 2.37. The molecule has 10 aromatic rings. The van der Waals surface area contributed by atoms with E-state index in [1.54, 1.807) is 0 Å². The van der Waals surface area contributed by atoms with Crippen LogP contribution in [-0.4, -0.2) is 9.13 Å². The molecule has 0 unspecified atom stereocenters. The summed E-state index contributed by atoms with van der Waals surface area (Å²) in [7, 11) is 0. The van der Waals surface area contributed by atoms with E-state index in [1.165, 1.54) is 99.5 Å². The molecule has 0 aliphatic heterocycles. The number of fused-ring (bicyclic) bond motifs is 6. The first-order valence-electron chi connectivity index (χ1n) is 18.7. The molecule has 8 aromatic carbocycles. The first-order valence-corrected chi connectivity index (χ1v) is 18.7. The summed E-state index contributed by atoms with van der Waals surface area (Å²) in [4.78, 5) is 0.